The summed E-state index contributed by atoms with van der Waals surface area (Å²) in [6, 6.07) is 15.8. The maximum atomic E-state index is 10.9. The minimum atomic E-state index is -0.853. The second-order valence-corrected chi connectivity index (χ2v) is 8.23. The molecule has 2 aromatic carbocycles. The summed E-state index contributed by atoms with van der Waals surface area (Å²) in [5, 5.41) is 9.59. The number of hydrogen-bond donors (Lipinski definition) is 1. The minimum Gasteiger partial charge on any atom is -0.480 e. The highest BCUT2D eigenvalue weighted by atomic mass is 35.5. The number of rotatable bonds is 5. The molecule has 2 aromatic rings. The zero-order valence-corrected chi connectivity index (χ0v) is 17.5. The van der Waals surface area contributed by atoms with Gasteiger partial charge in [0, 0.05) is 22.7 Å². The molecule has 0 aromatic heterocycles. The molecule has 0 atom stereocenters. The molecule has 0 unspecified atom stereocenters. The van der Waals surface area contributed by atoms with Gasteiger partial charge in [-0.1, -0.05) is 74.6 Å². The molecule has 2 rings (SSSR count). The molecule has 0 fully saturated rings. The van der Waals surface area contributed by atoms with Crippen LogP contribution < -0.4 is 0 Å². The van der Waals surface area contributed by atoms with E-state index in [1.54, 1.807) is 11.9 Å². The van der Waals surface area contributed by atoms with Crippen LogP contribution in [0.4, 0.5) is 0 Å². The van der Waals surface area contributed by atoms with Crippen LogP contribution in [-0.2, 0) is 10.2 Å². The van der Waals surface area contributed by atoms with E-state index >= 15 is 0 Å². The topological polar surface area (TPSA) is 40.5 Å². The Labute approximate surface area is 172 Å². The van der Waals surface area contributed by atoms with E-state index in [2.05, 4.69) is 44.7 Å². The van der Waals surface area contributed by atoms with Crippen molar-refractivity contribution in [2.45, 2.75) is 26.2 Å². The summed E-state index contributed by atoms with van der Waals surface area (Å²) in [6.45, 7) is 7.02. The summed E-state index contributed by atoms with van der Waals surface area (Å²) in [5.74, 6) is 5.59. The van der Waals surface area contributed by atoms with Crippen LogP contribution in [0.3, 0.4) is 0 Å². The van der Waals surface area contributed by atoms with Gasteiger partial charge >= 0.3 is 5.97 Å². The van der Waals surface area contributed by atoms with Gasteiger partial charge in [0.1, 0.15) is 0 Å². The molecule has 0 spiro atoms. The Morgan fingerprint density at radius 3 is 2.25 bits per heavy atom. The van der Waals surface area contributed by atoms with Gasteiger partial charge in [0.25, 0.3) is 0 Å². The second-order valence-electron chi connectivity index (χ2n) is 7.79. The van der Waals surface area contributed by atoms with Crippen molar-refractivity contribution in [3.05, 3.63) is 76.3 Å². The fraction of sp³-hybridized carbons (Fsp3) is 0.292. The lowest BCUT2D eigenvalue weighted by Crippen LogP contribution is -2.25. The van der Waals surface area contributed by atoms with Crippen molar-refractivity contribution in [1.82, 2.24) is 4.90 Å². The average molecular weight is 396 g/mol. The lowest BCUT2D eigenvalue weighted by Gasteiger charge is -2.18. The zero-order valence-electron chi connectivity index (χ0n) is 16.8. The summed E-state index contributed by atoms with van der Waals surface area (Å²) < 4.78 is 0. The van der Waals surface area contributed by atoms with E-state index < -0.39 is 5.97 Å². The number of carbonyl (C=O) groups is 1. The summed E-state index contributed by atoms with van der Waals surface area (Å²) in [6.07, 6.45) is 1.95. The lowest BCUT2D eigenvalue weighted by atomic mass is 9.87. The SMILES string of the molecule is CN(C/C=C(/C#Cc1ccc(C(C)(C)C)cc1)c1ccc(Cl)cc1)CC(=O)O. The van der Waals surface area contributed by atoms with Gasteiger partial charge in [-0.15, -0.1) is 0 Å². The van der Waals surface area contributed by atoms with Gasteiger partial charge in [0.15, 0.2) is 0 Å². The molecular formula is C24H26ClNO2. The number of carboxylic acid groups (broad SMARTS) is 1. The molecule has 28 heavy (non-hydrogen) atoms. The molecule has 1 N–H and O–H groups in total. The molecule has 0 aliphatic rings. The van der Waals surface area contributed by atoms with Crippen molar-refractivity contribution in [3.8, 4) is 11.8 Å². The number of carboxylic acids is 1. The van der Waals surface area contributed by atoms with Crippen LogP contribution in [0.2, 0.25) is 5.02 Å². The Bertz CT molecular complexity index is 895. The van der Waals surface area contributed by atoms with Gasteiger partial charge < -0.3 is 5.11 Å². The number of likely N-dealkylation sites (N-methyl/N-ethyl adjacent to an activating group) is 1. The van der Waals surface area contributed by atoms with Crippen LogP contribution in [-0.4, -0.2) is 36.1 Å². The van der Waals surface area contributed by atoms with E-state index in [0.717, 1.165) is 16.7 Å². The van der Waals surface area contributed by atoms with Crippen LogP contribution >= 0.6 is 11.6 Å². The summed E-state index contributed by atoms with van der Waals surface area (Å²) in [4.78, 5) is 12.6. The van der Waals surface area contributed by atoms with E-state index in [9.17, 15) is 4.79 Å². The van der Waals surface area contributed by atoms with Gasteiger partial charge in [-0.25, -0.2) is 0 Å². The number of halogens is 1. The molecule has 0 saturated heterocycles. The number of allylic oxidation sites excluding steroid dienone is 1. The maximum absolute atomic E-state index is 10.9. The van der Waals surface area contributed by atoms with Gasteiger partial charge in [-0.05, 0) is 47.9 Å². The van der Waals surface area contributed by atoms with Gasteiger partial charge in [-0.3, -0.25) is 9.69 Å². The zero-order chi connectivity index (χ0) is 20.7. The largest absolute Gasteiger partial charge is 0.480 e. The van der Waals surface area contributed by atoms with Crippen LogP contribution in [0.1, 0.15) is 37.5 Å². The molecule has 0 amide bonds. The molecule has 4 heteroatoms. The number of nitrogens with zero attached hydrogens (tertiary/aromatic N) is 1. The third kappa shape index (κ3) is 6.88. The molecule has 146 valence electrons. The molecule has 3 nitrogen and oxygen atoms in total. The van der Waals surface area contributed by atoms with E-state index in [-0.39, 0.29) is 12.0 Å². The van der Waals surface area contributed by atoms with Crippen molar-refractivity contribution in [1.29, 1.82) is 0 Å². The first-order chi connectivity index (χ1) is 13.1. The van der Waals surface area contributed by atoms with Gasteiger partial charge in [-0.2, -0.15) is 0 Å². The highest BCUT2D eigenvalue weighted by molar-refractivity contribution is 6.30. The Kier molecular flexibility index (Phi) is 7.45. The standard InChI is InChI=1S/C24H26ClNO2/c1-24(2,3)21-11-6-18(7-12-21)5-8-20(15-16-26(4)17-23(27)28)19-9-13-22(25)14-10-19/h6-7,9-15H,16-17H2,1-4H3,(H,27,28)/b20-15-. The van der Waals surface area contributed by atoms with Crippen molar-refractivity contribution < 1.29 is 9.90 Å². The molecule has 0 aliphatic carbocycles. The molecular weight excluding hydrogens is 370 g/mol. The maximum Gasteiger partial charge on any atom is 0.317 e. The number of hydrogen-bond acceptors (Lipinski definition) is 2. The van der Waals surface area contributed by atoms with Gasteiger partial charge in [0.2, 0.25) is 0 Å². The summed E-state index contributed by atoms with van der Waals surface area (Å²) >= 11 is 6.00. The second kappa shape index (κ2) is 9.59. The Morgan fingerprint density at radius 2 is 1.71 bits per heavy atom. The summed E-state index contributed by atoms with van der Waals surface area (Å²) in [5.41, 5.74) is 4.10. The molecule has 0 heterocycles. The van der Waals surface area contributed by atoms with Crippen molar-refractivity contribution in [3.63, 3.8) is 0 Å². The number of benzene rings is 2. The third-order valence-corrected chi connectivity index (χ3v) is 4.51. The van der Waals surface area contributed by atoms with E-state index in [0.29, 0.717) is 11.6 Å². The van der Waals surface area contributed by atoms with E-state index in [1.165, 1.54) is 5.56 Å². The fourth-order valence-corrected chi connectivity index (χ4v) is 2.73. The van der Waals surface area contributed by atoms with Crippen molar-refractivity contribution in [2.75, 3.05) is 20.1 Å². The first kappa shape index (κ1) is 21.8. The monoisotopic (exact) mass is 395 g/mol. The number of aliphatic carboxylic acids is 1. The summed E-state index contributed by atoms with van der Waals surface area (Å²) in [7, 11) is 1.77. The normalized spacial score (nSPS) is 11.9. The Hall–Kier alpha value is -2.54. The fourth-order valence-electron chi connectivity index (χ4n) is 2.61. The Balaban J connectivity index is 2.28. The molecule has 0 saturated carbocycles. The van der Waals surface area contributed by atoms with Crippen LogP contribution in [0.25, 0.3) is 5.57 Å². The average Bonchev–Trinajstić information content (AvgIpc) is 2.62. The molecule has 0 bridgehead atoms. The Morgan fingerprint density at radius 1 is 1.11 bits per heavy atom. The van der Waals surface area contributed by atoms with Crippen LogP contribution in [0.15, 0.2) is 54.6 Å². The smallest absolute Gasteiger partial charge is 0.317 e. The molecule has 0 aliphatic heterocycles. The lowest BCUT2D eigenvalue weighted by molar-refractivity contribution is -0.137. The van der Waals surface area contributed by atoms with Gasteiger partial charge in [0.05, 0.1) is 6.54 Å². The predicted molar refractivity (Wildman–Crippen MR) is 117 cm³/mol. The highest BCUT2D eigenvalue weighted by Gasteiger charge is 2.12. The highest BCUT2D eigenvalue weighted by Crippen LogP contribution is 2.22. The van der Waals surface area contributed by atoms with Crippen molar-refractivity contribution in [2.24, 2.45) is 0 Å². The first-order valence-electron chi connectivity index (χ1n) is 9.14. The third-order valence-electron chi connectivity index (χ3n) is 4.26. The van der Waals surface area contributed by atoms with Crippen molar-refractivity contribution >= 4 is 23.1 Å². The minimum absolute atomic E-state index is 0.0217. The molecule has 0 radical (unpaired) electrons. The van der Waals surface area contributed by atoms with Crippen LogP contribution in [0, 0.1) is 11.8 Å². The predicted octanol–water partition coefficient (Wildman–Crippen LogP) is 5.09. The quantitative estimate of drug-likeness (QED) is 0.717. The first-order valence-corrected chi connectivity index (χ1v) is 9.52. The van der Waals surface area contributed by atoms with E-state index in [1.807, 2.05) is 42.5 Å². The van der Waals surface area contributed by atoms with Crippen LogP contribution in [0.5, 0.6) is 0 Å². The van der Waals surface area contributed by atoms with E-state index in [4.69, 9.17) is 16.7 Å².